The highest BCUT2D eigenvalue weighted by atomic mass is 15.1. The van der Waals surface area contributed by atoms with Gasteiger partial charge in [-0.3, -0.25) is 0 Å². The number of rotatable bonds is 23. The lowest BCUT2D eigenvalue weighted by Gasteiger charge is -2.15. The Morgan fingerprint density at radius 1 is 0.411 bits per heavy atom. The van der Waals surface area contributed by atoms with E-state index in [1.807, 2.05) is 14.1 Å². The topological polar surface area (TPSA) is 62.4 Å². The van der Waals surface area contributed by atoms with E-state index in [0.29, 0.717) is 0 Å². The van der Waals surface area contributed by atoms with Crippen LogP contribution < -0.4 is 40.2 Å². The molecule has 6 aromatic rings. The molecule has 298 valence electrons. The average molecular weight is 757 g/mol. The molecule has 0 saturated carbocycles. The Labute approximate surface area is 336 Å². The summed E-state index contributed by atoms with van der Waals surface area (Å²) in [5, 5.41) is 19.2. The van der Waals surface area contributed by atoms with Crippen LogP contribution in [-0.4, -0.2) is 68.5 Å². The maximum atomic E-state index is 3.67. The Morgan fingerprint density at radius 2 is 0.786 bits per heavy atom. The summed E-state index contributed by atoms with van der Waals surface area (Å²) in [6, 6.07) is 32.2. The summed E-state index contributed by atoms with van der Waals surface area (Å²) in [6.45, 7) is 8.12. The molecule has 0 fully saturated rings. The van der Waals surface area contributed by atoms with Crippen molar-refractivity contribution in [3.05, 3.63) is 96.1 Å². The highest BCUT2D eigenvalue weighted by Gasteiger charge is 2.19. The van der Waals surface area contributed by atoms with Crippen molar-refractivity contribution in [3.63, 3.8) is 0 Å². The summed E-state index contributed by atoms with van der Waals surface area (Å²) in [6.07, 6.45) is 9.86. The minimum Gasteiger partial charge on any atom is -0.377 e. The van der Waals surface area contributed by atoms with E-state index < -0.39 is 0 Å². The summed E-state index contributed by atoms with van der Waals surface area (Å²) in [5.74, 6) is 0. The van der Waals surface area contributed by atoms with Gasteiger partial charge in [-0.05, 0) is 113 Å². The molecule has 8 nitrogen and oxygen atoms in total. The second kappa shape index (κ2) is 20.7. The summed E-state index contributed by atoms with van der Waals surface area (Å²) in [7, 11) is 12.5. The number of anilines is 2. The lowest BCUT2D eigenvalue weighted by atomic mass is 10.0. The Bertz CT molecular complexity index is 2050. The molecular weight excluding hydrogens is 689 g/mol. The van der Waals surface area contributed by atoms with Crippen LogP contribution in [-0.2, 0) is 26.2 Å². The van der Waals surface area contributed by atoms with Crippen molar-refractivity contribution < 1.29 is 9.13 Å². The first-order chi connectivity index (χ1) is 27.4. The molecule has 0 saturated heterocycles. The number of hydrogen-bond donors (Lipinski definition) is 4. The number of hydrogen-bond acceptors (Lipinski definition) is 6. The number of aryl methyl sites for hydroxylation is 2. The molecule has 0 atom stereocenters. The van der Waals surface area contributed by atoms with Crippen molar-refractivity contribution in [3.8, 4) is 0 Å². The average Bonchev–Trinajstić information content (AvgIpc) is 3.20. The third-order valence-corrected chi connectivity index (χ3v) is 11.2. The number of nitrogens with zero attached hydrogens (tertiary/aromatic N) is 4. The van der Waals surface area contributed by atoms with Gasteiger partial charge in [0.2, 0.25) is 22.1 Å². The minimum atomic E-state index is 0.886. The fourth-order valence-corrected chi connectivity index (χ4v) is 8.10. The number of unbranched alkanes of at least 4 members (excludes halogenated alkanes) is 6. The SMILES string of the molecule is CNCc1ccc2cc3ccc(CNC)cc3[n+](CCCCCCNCCNCCCCCC[n+]3c4cc(N(C)C)ccc4cc4ccc(N(C)C)cc43)c2c1. The molecule has 0 aliphatic carbocycles. The van der Waals surface area contributed by atoms with Gasteiger partial charge in [-0.15, -0.1) is 0 Å². The number of aromatic nitrogens is 2. The first-order valence-electron chi connectivity index (χ1n) is 21.2. The normalized spacial score (nSPS) is 11.8. The van der Waals surface area contributed by atoms with Crippen molar-refractivity contribution >= 4 is 55.0 Å². The van der Waals surface area contributed by atoms with E-state index in [0.717, 1.165) is 52.4 Å². The van der Waals surface area contributed by atoms with Gasteiger partial charge in [0.1, 0.15) is 13.1 Å². The van der Waals surface area contributed by atoms with Crippen LogP contribution in [0.1, 0.15) is 62.5 Å². The second-order valence-electron chi connectivity index (χ2n) is 16.0. The number of nitrogens with one attached hydrogen (secondary N) is 4. The summed E-state index contributed by atoms with van der Waals surface area (Å²) in [4.78, 5) is 4.40. The maximum absolute atomic E-state index is 3.67. The number of fused-ring (bicyclic) bond motifs is 4. The van der Waals surface area contributed by atoms with Gasteiger partial charge in [0.05, 0.1) is 0 Å². The molecule has 0 aliphatic heterocycles. The van der Waals surface area contributed by atoms with Crippen LogP contribution in [0.4, 0.5) is 11.4 Å². The molecule has 4 aromatic carbocycles. The molecular formula is C48H68N8+2. The molecule has 2 aromatic heterocycles. The highest BCUT2D eigenvalue weighted by Crippen LogP contribution is 2.26. The van der Waals surface area contributed by atoms with E-state index in [2.05, 4.69) is 153 Å². The Hall–Kier alpha value is -4.34. The van der Waals surface area contributed by atoms with Crippen LogP contribution in [0.25, 0.3) is 43.6 Å². The molecule has 0 unspecified atom stereocenters. The number of pyridine rings is 2. The largest absolute Gasteiger partial charge is 0.377 e. The van der Waals surface area contributed by atoms with E-state index in [1.165, 1.54) is 117 Å². The monoisotopic (exact) mass is 757 g/mol. The summed E-state index contributed by atoms with van der Waals surface area (Å²) >= 11 is 0. The third kappa shape index (κ3) is 10.7. The van der Waals surface area contributed by atoms with E-state index in [1.54, 1.807) is 0 Å². The number of benzene rings is 4. The van der Waals surface area contributed by atoms with Gasteiger partial charge >= 0.3 is 0 Å². The molecule has 6 rings (SSSR count). The minimum absolute atomic E-state index is 0.886. The lowest BCUT2D eigenvalue weighted by molar-refractivity contribution is -0.646. The van der Waals surface area contributed by atoms with E-state index >= 15 is 0 Å². The molecule has 4 N–H and O–H groups in total. The van der Waals surface area contributed by atoms with Crippen LogP contribution in [0, 0.1) is 0 Å². The smallest absolute Gasteiger partial charge is 0.215 e. The Morgan fingerprint density at radius 3 is 1.18 bits per heavy atom. The zero-order valence-corrected chi connectivity index (χ0v) is 35.2. The third-order valence-electron chi connectivity index (χ3n) is 11.2. The van der Waals surface area contributed by atoms with E-state index in [-0.39, 0.29) is 0 Å². The van der Waals surface area contributed by atoms with Crippen molar-refractivity contribution in [2.75, 3.05) is 78.3 Å². The van der Waals surface area contributed by atoms with E-state index in [9.17, 15) is 0 Å². The highest BCUT2D eigenvalue weighted by molar-refractivity contribution is 5.92. The van der Waals surface area contributed by atoms with Crippen molar-refractivity contribution in [2.45, 2.75) is 77.5 Å². The van der Waals surface area contributed by atoms with Gasteiger partial charge in [0.25, 0.3) is 0 Å². The van der Waals surface area contributed by atoms with Crippen molar-refractivity contribution in [1.82, 2.24) is 21.3 Å². The van der Waals surface area contributed by atoms with Gasteiger partial charge in [-0.25, -0.2) is 0 Å². The fourth-order valence-electron chi connectivity index (χ4n) is 8.10. The van der Waals surface area contributed by atoms with Crippen LogP contribution in [0.5, 0.6) is 0 Å². The van der Waals surface area contributed by atoms with Crippen molar-refractivity contribution in [2.24, 2.45) is 0 Å². The van der Waals surface area contributed by atoms with Crippen LogP contribution in [0.15, 0.2) is 84.9 Å². The van der Waals surface area contributed by atoms with Gasteiger partial charge < -0.3 is 31.1 Å². The van der Waals surface area contributed by atoms with E-state index in [4.69, 9.17) is 0 Å². The van der Waals surface area contributed by atoms with Crippen LogP contribution >= 0.6 is 0 Å². The molecule has 8 heteroatoms. The molecule has 0 radical (unpaired) electrons. The Kier molecular flexibility index (Phi) is 15.3. The Balaban J connectivity index is 0.879. The first kappa shape index (κ1) is 41.3. The second-order valence-corrected chi connectivity index (χ2v) is 16.0. The van der Waals surface area contributed by atoms with Crippen LogP contribution in [0.3, 0.4) is 0 Å². The van der Waals surface area contributed by atoms with Crippen LogP contribution in [0.2, 0.25) is 0 Å². The lowest BCUT2D eigenvalue weighted by Crippen LogP contribution is -2.36. The molecule has 0 spiro atoms. The van der Waals surface area contributed by atoms with Gasteiger partial charge in [0, 0.05) is 124 Å². The standard InChI is InChI=1S/C48H68N8/c1-49-35-37-15-17-39-31-40-18-16-38(36-50-2)30-46(40)55(45(39)29-37)27-13-9-7-11-23-51-25-26-52-24-12-8-10-14-28-56-47-33-43(53(3)4)21-19-41(47)32-42-20-22-44(54(5)6)34-48(42)56/h15-22,29-34,49-52H,7-14,23-28,35-36H2,1-6H3/q+2. The van der Waals surface area contributed by atoms with Gasteiger partial charge in [-0.2, -0.15) is 9.13 Å². The predicted octanol–water partition coefficient (Wildman–Crippen LogP) is 7.45. The first-order valence-corrected chi connectivity index (χ1v) is 21.2. The molecule has 0 aliphatic rings. The zero-order chi connectivity index (χ0) is 39.3. The molecule has 0 bridgehead atoms. The summed E-state index contributed by atoms with van der Waals surface area (Å²) < 4.78 is 5.13. The predicted molar refractivity (Wildman–Crippen MR) is 240 cm³/mol. The van der Waals surface area contributed by atoms with Gasteiger partial charge in [-0.1, -0.05) is 25.0 Å². The van der Waals surface area contributed by atoms with Crippen molar-refractivity contribution in [1.29, 1.82) is 0 Å². The summed E-state index contributed by atoms with van der Waals surface area (Å²) in [5.41, 5.74) is 10.5. The quantitative estimate of drug-likeness (QED) is 0.0310. The maximum Gasteiger partial charge on any atom is 0.215 e. The molecule has 0 amide bonds. The molecule has 2 heterocycles. The van der Waals surface area contributed by atoms with Gasteiger partial charge in [0.15, 0.2) is 0 Å². The zero-order valence-electron chi connectivity index (χ0n) is 35.2. The molecule has 56 heavy (non-hydrogen) atoms. The fraction of sp³-hybridized carbons (Fsp3) is 0.458.